The summed E-state index contributed by atoms with van der Waals surface area (Å²) in [4.78, 5) is 0. The molecule has 0 amide bonds. The van der Waals surface area contributed by atoms with E-state index in [0.717, 1.165) is 11.9 Å². The van der Waals surface area contributed by atoms with E-state index in [-0.39, 0.29) is 0 Å². The topological polar surface area (TPSA) is 9.23 Å². The van der Waals surface area contributed by atoms with Gasteiger partial charge in [0.2, 0.25) is 0 Å². The molecule has 0 aromatic heterocycles. The molecule has 15 heavy (non-hydrogen) atoms. The lowest BCUT2D eigenvalue weighted by molar-refractivity contribution is -0.00939. The third-order valence-electron chi connectivity index (χ3n) is 3.65. The van der Waals surface area contributed by atoms with Gasteiger partial charge < -0.3 is 4.74 Å². The van der Waals surface area contributed by atoms with Crippen LogP contribution in [-0.4, -0.2) is 18.0 Å². The Labute approximate surface area is 103 Å². The molecule has 1 saturated carbocycles. The minimum absolute atomic E-state index is 0.533. The number of hydrogen-bond donors (Lipinski definition) is 0. The van der Waals surface area contributed by atoms with Crippen molar-refractivity contribution in [3.63, 3.8) is 0 Å². The molecule has 0 saturated heterocycles. The van der Waals surface area contributed by atoms with Gasteiger partial charge in [0.15, 0.2) is 0 Å². The summed E-state index contributed by atoms with van der Waals surface area (Å²) >= 11 is 3.54. The molecular weight excluding hydrogens is 252 g/mol. The highest BCUT2D eigenvalue weighted by Gasteiger charge is 2.27. The highest BCUT2D eigenvalue weighted by molar-refractivity contribution is 9.09. The molecule has 1 nitrogen and oxygen atoms in total. The normalized spacial score (nSPS) is 24.0. The van der Waals surface area contributed by atoms with Gasteiger partial charge in [0, 0.05) is 5.33 Å². The first-order valence-corrected chi connectivity index (χ1v) is 7.37. The Hall–Kier alpha value is 0.440. The highest BCUT2D eigenvalue weighted by Crippen LogP contribution is 2.36. The Morgan fingerprint density at radius 2 is 1.93 bits per heavy atom. The average molecular weight is 277 g/mol. The van der Waals surface area contributed by atoms with Crippen LogP contribution in [0, 0.1) is 11.3 Å². The Morgan fingerprint density at radius 3 is 2.40 bits per heavy atom. The number of ether oxygens (including phenoxy) is 1. The maximum Gasteiger partial charge on any atom is 0.0575 e. The zero-order valence-corrected chi connectivity index (χ0v) is 12.0. The standard InChI is InChI=1S/C13H25BrO/c1-4-11(9-14)10-15-12-5-7-13(2,3)8-6-12/h11-12H,4-10H2,1-3H3. The lowest BCUT2D eigenvalue weighted by Crippen LogP contribution is -2.28. The Balaban J connectivity index is 2.18. The van der Waals surface area contributed by atoms with Crippen LogP contribution in [-0.2, 0) is 4.74 Å². The smallest absolute Gasteiger partial charge is 0.0575 e. The van der Waals surface area contributed by atoms with Crippen molar-refractivity contribution in [2.75, 3.05) is 11.9 Å². The molecule has 0 bridgehead atoms. The summed E-state index contributed by atoms with van der Waals surface area (Å²) in [6.45, 7) is 7.92. The van der Waals surface area contributed by atoms with Gasteiger partial charge in [0.1, 0.15) is 0 Å². The SMILES string of the molecule is CCC(CBr)COC1CCC(C)(C)CC1. The zero-order chi connectivity index (χ0) is 11.3. The Morgan fingerprint density at radius 1 is 1.33 bits per heavy atom. The van der Waals surface area contributed by atoms with Crippen molar-refractivity contribution in [2.24, 2.45) is 11.3 Å². The van der Waals surface area contributed by atoms with Gasteiger partial charge >= 0.3 is 0 Å². The zero-order valence-electron chi connectivity index (χ0n) is 10.4. The lowest BCUT2D eigenvalue weighted by atomic mass is 9.76. The van der Waals surface area contributed by atoms with Crippen LogP contribution in [0.25, 0.3) is 0 Å². The Bertz CT molecular complexity index is 165. The van der Waals surface area contributed by atoms with E-state index in [0.29, 0.717) is 17.4 Å². The maximum atomic E-state index is 5.99. The summed E-state index contributed by atoms with van der Waals surface area (Å²) in [5.41, 5.74) is 0.555. The van der Waals surface area contributed by atoms with Crippen molar-refractivity contribution in [1.29, 1.82) is 0 Å². The minimum atomic E-state index is 0.533. The molecule has 1 fully saturated rings. The Kier molecular flexibility index (Phi) is 5.62. The van der Waals surface area contributed by atoms with Crippen molar-refractivity contribution in [3.05, 3.63) is 0 Å². The predicted molar refractivity (Wildman–Crippen MR) is 69.6 cm³/mol. The summed E-state index contributed by atoms with van der Waals surface area (Å²) in [6, 6.07) is 0. The van der Waals surface area contributed by atoms with Gasteiger partial charge in [0.25, 0.3) is 0 Å². The van der Waals surface area contributed by atoms with Gasteiger partial charge in [-0.15, -0.1) is 0 Å². The molecule has 0 spiro atoms. The molecule has 1 aliphatic carbocycles. The predicted octanol–water partition coefficient (Wildman–Crippen LogP) is 4.39. The molecule has 1 unspecified atom stereocenters. The van der Waals surface area contributed by atoms with Gasteiger partial charge in [0.05, 0.1) is 12.7 Å². The number of hydrogen-bond acceptors (Lipinski definition) is 1. The number of alkyl halides is 1. The fourth-order valence-corrected chi connectivity index (χ4v) is 2.73. The van der Waals surface area contributed by atoms with Gasteiger partial charge in [-0.1, -0.05) is 43.1 Å². The monoisotopic (exact) mass is 276 g/mol. The van der Waals surface area contributed by atoms with E-state index >= 15 is 0 Å². The first-order chi connectivity index (χ1) is 7.07. The van der Waals surface area contributed by atoms with Crippen molar-refractivity contribution >= 4 is 15.9 Å². The summed E-state index contributed by atoms with van der Waals surface area (Å²) in [6.07, 6.45) is 6.90. The van der Waals surface area contributed by atoms with Crippen LogP contribution in [0.3, 0.4) is 0 Å². The second-order valence-electron chi connectivity index (χ2n) is 5.63. The van der Waals surface area contributed by atoms with E-state index in [2.05, 4.69) is 36.7 Å². The van der Waals surface area contributed by atoms with Crippen LogP contribution in [0.4, 0.5) is 0 Å². The third-order valence-corrected chi connectivity index (χ3v) is 4.57. The molecule has 2 heteroatoms. The summed E-state index contributed by atoms with van der Waals surface area (Å²) in [5, 5.41) is 1.07. The minimum Gasteiger partial charge on any atom is -0.378 e. The van der Waals surface area contributed by atoms with Crippen molar-refractivity contribution in [3.8, 4) is 0 Å². The fourth-order valence-electron chi connectivity index (χ4n) is 2.08. The van der Waals surface area contributed by atoms with Gasteiger partial charge in [-0.3, -0.25) is 0 Å². The van der Waals surface area contributed by atoms with Gasteiger partial charge in [-0.2, -0.15) is 0 Å². The van der Waals surface area contributed by atoms with Crippen molar-refractivity contribution in [1.82, 2.24) is 0 Å². The van der Waals surface area contributed by atoms with Crippen LogP contribution in [0.1, 0.15) is 52.9 Å². The molecule has 0 aromatic rings. The fraction of sp³-hybridized carbons (Fsp3) is 1.00. The van der Waals surface area contributed by atoms with Crippen molar-refractivity contribution in [2.45, 2.75) is 59.0 Å². The van der Waals surface area contributed by atoms with E-state index in [9.17, 15) is 0 Å². The molecule has 0 N–H and O–H groups in total. The molecule has 1 aliphatic rings. The molecule has 0 aliphatic heterocycles. The van der Waals surface area contributed by atoms with Crippen LogP contribution in [0.15, 0.2) is 0 Å². The van der Waals surface area contributed by atoms with E-state index in [4.69, 9.17) is 4.74 Å². The van der Waals surface area contributed by atoms with Gasteiger partial charge in [-0.25, -0.2) is 0 Å². The molecule has 0 heterocycles. The maximum absolute atomic E-state index is 5.99. The van der Waals surface area contributed by atoms with E-state index in [1.54, 1.807) is 0 Å². The highest BCUT2D eigenvalue weighted by atomic mass is 79.9. The van der Waals surface area contributed by atoms with Crippen molar-refractivity contribution < 1.29 is 4.74 Å². The van der Waals surface area contributed by atoms with Crippen LogP contribution < -0.4 is 0 Å². The molecule has 1 atom stereocenters. The second kappa shape index (κ2) is 6.24. The first-order valence-electron chi connectivity index (χ1n) is 6.25. The van der Waals surface area contributed by atoms with Gasteiger partial charge in [-0.05, 0) is 37.0 Å². The van der Waals surface area contributed by atoms with Crippen LogP contribution in [0.5, 0.6) is 0 Å². The van der Waals surface area contributed by atoms with Crippen LogP contribution >= 0.6 is 15.9 Å². The van der Waals surface area contributed by atoms with E-state index in [1.807, 2.05) is 0 Å². The largest absolute Gasteiger partial charge is 0.378 e. The lowest BCUT2D eigenvalue weighted by Gasteiger charge is -2.34. The summed E-state index contributed by atoms with van der Waals surface area (Å²) in [7, 11) is 0. The number of halogens is 1. The van der Waals surface area contributed by atoms with E-state index in [1.165, 1.54) is 32.1 Å². The molecule has 0 aromatic carbocycles. The summed E-state index contributed by atoms with van der Waals surface area (Å²) in [5.74, 6) is 0.694. The molecule has 0 radical (unpaired) electrons. The molecule has 90 valence electrons. The molecule has 1 rings (SSSR count). The first kappa shape index (κ1) is 13.5. The van der Waals surface area contributed by atoms with E-state index < -0.39 is 0 Å². The third kappa shape index (κ3) is 4.86. The summed E-state index contributed by atoms with van der Waals surface area (Å²) < 4.78 is 5.99. The molecular formula is C13H25BrO. The van der Waals surface area contributed by atoms with Crippen LogP contribution in [0.2, 0.25) is 0 Å². The quantitative estimate of drug-likeness (QED) is 0.677. The number of rotatable bonds is 5. The second-order valence-corrected chi connectivity index (χ2v) is 6.27. The average Bonchev–Trinajstić information content (AvgIpc) is 2.21.